The molecule has 31 heavy (non-hydrogen) atoms. The van der Waals surface area contributed by atoms with Crippen LogP contribution in [-0.4, -0.2) is 51.2 Å². The Balaban J connectivity index is 1.70. The number of ether oxygens (including phenoxy) is 2. The third-order valence-corrected chi connectivity index (χ3v) is 7.52. The van der Waals surface area contributed by atoms with Crippen LogP contribution in [0.3, 0.4) is 0 Å². The normalized spacial score (nSPS) is 28.6. The van der Waals surface area contributed by atoms with Crippen molar-refractivity contribution in [2.45, 2.75) is 35.9 Å². The van der Waals surface area contributed by atoms with Gasteiger partial charge in [-0.15, -0.1) is 6.42 Å². The van der Waals surface area contributed by atoms with Gasteiger partial charge >= 0.3 is 15.6 Å². The zero-order valence-corrected chi connectivity index (χ0v) is 17.2. The van der Waals surface area contributed by atoms with Gasteiger partial charge in [0.1, 0.15) is 5.76 Å². The molecule has 0 radical (unpaired) electrons. The molecule has 0 amide bonds. The van der Waals surface area contributed by atoms with Gasteiger partial charge in [0.2, 0.25) is 0 Å². The van der Waals surface area contributed by atoms with Crippen molar-refractivity contribution in [3.63, 3.8) is 0 Å². The maximum absolute atomic E-state index is 12.9. The summed E-state index contributed by atoms with van der Waals surface area (Å²) in [5.74, 6) is 2.75. The van der Waals surface area contributed by atoms with Crippen LogP contribution in [-0.2, 0) is 26.7 Å². The van der Waals surface area contributed by atoms with Crippen LogP contribution in [0.2, 0.25) is 0 Å². The van der Waals surface area contributed by atoms with Gasteiger partial charge in [-0.1, -0.05) is 18.1 Å². The van der Waals surface area contributed by atoms with Crippen LogP contribution >= 0.6 is 0 Å². The van der Waals surface area contributed by atoms with Crippen molar-refractivity contribution < 1.29 is 35.2 Å². The molecule has 2 aliphatic carbocycles. The van der Waals surface area contributed by atoms with Crippen molar-refractivity contribution in [1.29, 1.82) is 0 Å². The molecule has 2 aliphatic heterocycles. The first-order valence-corrected chi connectivity index (χ1v) is 11.0. The predicted molar refractivity (Wildman–Crippen MR) is 104 cm³/mol. The van der Waals surface area contributed by atoms with E-state index < -0.39 is 32.9 Å². The van der Waals surface area contributed by atoms with Gasteiger partial charge in [-0.25, -0.2) is 0 Å². The molecular weight excluding hydrogens is 435 g/mol. The highest BCUT2D eigenvalue weighted by Crippen LogP contribution is 2.62. The SMILES string of the molecule is C#CCN1CC[C@@]23C4=CC=C(OC)[C@@H]2Oc2c(OS(=O)(=O)C(F)(F)F)ccc(c23)C[C@H]41. The summed E-state index contributed by atoms with van der Waals surface area (Å²) in [5, 5.41) is 0. The number of nitrogens with zero attached hydrogens (tertiary/aromatic N) is 1. The Bertz CT molecular complexity index is 1180. The monoisotopic (exact) mass is 453 g/mol. The standard InChI is InChI=1S/C21H18F3NO5S/c1-3-9-25-10-8-20-13-5-7-16(28-2)19(20)29-18-15(30-31(26,27)21(22,23)24)6-4-12(17(18)20)11-14(13)25/h1,4-7,14,19H,8-11H2,2H3/t14-,19+,20+/m1/s1. The second kappa shape index (κ2) is 6.43. The molecule has 4 aliphatic rings. The molecular formula is C21H18F3NO5S. The number of terminal acetylenes is 1. The number of rotatable bonds is 4. The van der Waals surface area contributed by atoms with Crippen LogP contribution in [0.15, 0.2) is 35.6 Å². The number of hydrogen-bond donors (Lipinski definition) is 0. The van der Waals surface area contributed by atoms with Gasteiger partial charge in [-0.2, -0.15) is 21.6 Å². The number of piperidine rings is 1. The molecule has 1 saturated heterocycles. The minimum Gasteiger partial charge on any atom is -0.497 e. The van der Waals surface area contributed by atoms with Crippen molar-refractivity contribution in [1.82, 2.24) is 4.90 Å². The van der Waals surface area contributed by atoms with E-state index in [1.165, 1.54) is 13.2 Å². The van der Waals surface area contributed by atoms with E-state index in [1.54, 1.807) is 12.1 Å². The molecule has 1 spiro atoms. The molecule has 1 fully saturated rings. The first-order valence-electron chi connectivity index (χ1n) is 9.61. The predicted octanol–water partition coefficient (Wildman–Crippen LogP) is 2.65. The Morgan fingerprint density at radius 3 is 2.81 bits per heavy atom. The van der Waals surface area contributed by atoms with E-state index in [0.717, 1.165) is 11.1 Å². The zero-order chi connectivity index (χ0) is 22.2. The zero-order valence-electron chi connectivity index (χ0n) is 16.4. The van der Waals surface area contributed by atoms with Crippen molar-refractivity contribution in [3.05, 3.63) is 46.7 Å². The molecule has 0 aromatic heterocycles. The number of likely N-dealkylation sites (tertiary alicyclic amines) is 1. The second-order valence-corrected chi connectivity index (χ2v) is 9.46. The highest BCUT2D eigenvalue weighted by Gasteiger charge is 2.62. The molecule has 1 aromatic carbocycles. The lowest BCUT2D eigenvalue weighted by Crippen LogP contribution is -2.59. The number of allylic oxidation sites excluding steroid dienone is 2. The number of benzene rings is 1. The summed E-state index contributed by atoms with van der Waals surface area (Å²) >= 11 is 0. The number of halogens is 3. The van der Waals surface area contributed by atoms with Crippen LogP contribution in [0.25, 0.3) is 0 Å². The molecule has 0 N–H and O–H groups in total. The van der Waals surface area contributed by atoms with Gasteiger partial charge in [-0.3, -0.25) is 4.90 Å². The maximum Gasteiger partial charge on any atom is 0.534 e. The summed E-state index contributed by atoms with van der Waals surface area (Å²) in [6.45, 7) is 1.13. The van der Waals surface area contributed by atoms with E-state index in [0.29, 0.717) is 37.3 Å². The largest absolute Gasteiger partial charge is 0.534 e. The van der Waals surface area contributed by atoms with Crippen LogP contribution in [0.1, 0.15) is 17.5 Å². The van der Waals surface area contributed by atoms with E-state index in [9.17, 15) is 21.6 Å². The summed E-state index contributed by atoms with van der Waals surface area (Å²) in [5.41, 5.74) is -3.62. The molecule has 5 rings (SSSR count). The first-order chi connectivity index (χ1) is 14.6. The average Bonchev–Trinajstić information content (AvgIpc) is 3.05. The molecule has 0 saturated carbocycles. The fraction of sp³-hybridized carbons (Fsp3) is 0.429. The van der Waals surface area contributed by atoms with Crippen LogP contribution < -0.4 is 8.92 Å². The molecule has 0 unspecified atom stereocenters. The highest BCUT2D eigenvalue weighted by molar-refractivity contribution is 7.88. The van der Waals surface area contributed by atoms with Gasteiger partial charge < -0.3 is 13.7 Å². The minimum atomic E-state index is -5.84. The lowest BCUT2D eigenvalue weighted by atomic mass is 9.57. The van der Waals surface area contributed by atoms with Crippen molar-refractivity contribution in [2.24, 2.45) is 0 Å². The second-order valence-electron chi connectivity index (χ2n) is 7.92. The maximum atomic E-state index is 12.9. The highest BCUT2D eigenvalue weighted by atomic mass is 32.2. The molecule has 10 heteroatoms. The van der Waals surface area contributed by atoms with E-state index in [1.807, 2.05) is 6.08 Å². The van der Waals surface area contributed by atoms with Gasteiger partial charge in [0.15, 0.2) is 17.6 Å². The summed E-state index contributed by atoms with van der Waals surface area (Å²) in [6.07, 6.45) is 9.85. The number of alkyl halides is 3. The van der Waals surface area contributed by atoms with Gasteiger partial charge in [-0.05, 0) is 36.1 Å². The Hall–Kier alpha value is -2.64. The molecule has 3 atom stereocenters. The lowest BCUT2D eigenvalue weighted by Gasteiger charge is -2.53. The molecule has 2 bridgehead atoms. The Morgan fingerprint density at radius 1 is 1.35 bits per heavy atom. The molecule has 2 heterocycles. The molecule has 164 valence electrons. The van der Waals surface area contributed by atoms with Crippen LogP contribution in [0.5, 0.6) is 11.5 Å². The van der Waals surface area contributed by atoms with Crippen molar-refractivity contribution in [3.8, 4) is 23.8 Å². The van der Waals surface area contributed by atoms with Gasteiger partial charge in [0, 0.05) is 18.2 Å². The van der Waals surface area contributed by atoms with E-state index in [2.05, 4.69) is 15.0 Å². The lowest BCUT2D eigenvalue weighted by molar-refractivity contribution is -0.0500. The molecule has 6 nitrogen and oxygen atoms in total. The van der Waals surface area contributed by atoms with Crippen molar-refractivity contribution >= 4 is 10.1 Å². The smallest absolute Gasteiger partial charge is 0.497 e. The fourth-order valence-corrected chi connectivity index (χ4v) is 5.84. The third kappa shape index (κ3) is 2.59. The summed E-state index contributed by atoms with van der Waals surface area (Å²) < 4.78 is 78.3. The fourth-order valence-electron chi connectivity index (χ4n) is 5.38. The van der Waals surface area contributed by atoms with Gasteiger partial charge in [0.05, 0.1) is 19.1 Å². The van der Waals surface area contributed by atoms with E-state index in [-0.39, 0.29) is 11.8 Å². The Morgan fingerprint density at radius 2 is 2.13 bits per heavy atom. The quantitative estimate of drug-likeness (QED) is 0.397. The van der Waals surface area contributed by atoms with Crippen LogP contribution in [0.4, 0.5) is 13.2 Å². The summed E-state index contributed by atoms with van der Waals surface area (Å²) in [7, 11) is -4.35. The van der Waals surface area contributed by atoms with E-state index in [4.69, 9.17) is 15.9 Å². The summed E-state index contributed by atoms with van der Waals surface area (Å²) in [6, 6.07) is 2.84. The summed E-state index contributed by atoms with van der Waals surface area (Å²) in [4.78, 5) is 2.19. The van der Waals surface area contributed by atoms with Gasteiger partial charge in [0.25, 0.3) is 0 Å². The average molecular weight is 453 g/mol. The topological polar surface area (TPSA) is 65.1 Å². The number of methoxy groups -OCH3 is 1. The Kier molecular flexibility index (Phi) is 4.21. The molecule has 1 aromatic rings. The van der Waals surface area contributed by atoms with E-state index >= 15 is 0 Å². The minimum absolute atomic E-state index is 0.00897. The third-order valence-electron chi connectivity index (χ3n) is 6.56. The first kappa shape index (κ1) is 20.3. The van der Waals surface area contributed by atoms with Crippen LogP contribution in [0, 0.1) is 12.3 Å². The van der Waals surface area contributed by atoms with Crippen molar-refractivity contribution in [2.75, 3.05) is 20.2 Å². The number of hydrogen-bond acceptors (Lipinski definition) is 6. The Labute approximate surface area is 177 Å².